The maximum atomic E-state index is 13.7. The molecule has 2 atom stereocenters. The summed E-state index contributed by atoms with van der Waals surface area (Å²) in [5.74, 6) is -0.00406. The molecule has 0 aliphatic rings. The van der Waals surface area contributed by atoms with Gasteiger partial charge in [0.1, 0.15) is 5.60 Å². The number of nitrogen functional groups attached to an aromatic ring is 1. The third-order valence-electron chi connectivity index (χ3n) is 5.73. The molecule has 0 aliphatic heterocycles. The molecule has 3 rings (SSSR count). The van der Waals surface area contributed by atoms with Crippen LogP contribution in [0.15, 0.2) is 64.9 Å². The van der Waals surface area contributed by atoms with Crippen molar-refractivity contribution in [2.75, 3.05) is 18.8 Å². The summed E-state index contributed by atoms with van der Waals surface area (Å²) < 4.78 is 34.1. The fourth-order valence-corrected chi connectivity index (χ4v) is 6.18. The zero-order chi connectivity index (χ0) is 28.8. The Kier molecular flexibility index (Phi) is 10.1. The van der Waals surface area contributed by atoms with E-state index in [9.17, 15) is 18.3 Å². The number of nitrogens with zero attached hydrogens (tertiary/aromatic N) is 2. The monoisotopic (exact) mass is 574 g/mol. The third kappa shape index (κ3) is 9.03. The first kappa shape index (κ1) is 30.6. The first-order chi connectivity index (χ1) is 18.2. The summed E-state index contributed by atoms with van der Waals surface area (Å²) in [5.41, 5.74) is 7.31. The van der Waals surface area contributed by atoms with Crippen LogP contribution in [0.25, 0.3) is 11.3 Å². The van der Waals surface area contributed by atoms with Gasteiger partial charge in [-0.2, -0.15) is 4.31 Å². The topological polar surface area (TPSA) is 135 Å². The van der Waals surface area contributed by atoms with E-state index in [1.54, 1.807) is 32.9 Å². The van der Waals surface area contributed by atoms with E-state index in [-0.39, 0.29) is 23.9 Å². The second-order valence-electron chi connectivity index (χ2n) is 10.8. The number of amides is 1. The predicted octanol–water partition coefficient (Wildman–Crippen LogP) is 4.54. The van der Waals surface area contributed by atoms with Crippen molar-refractivity contribution in [3.8, 4) is 11.3 Å². The van der Waals surface area contributed by atoms with Crippen LogP contribution in [0, 0.1) is 5.92 Å². The van der Waals surface area contributed by atoms with Crippen LogP contribution < -0.4 is 11.1 Å². The normalized spacial score (nSPS) is 13.8. The van der Waals surface area contributed by atoms with E-state index in [0.29, 0.717) is 17.2 Å². The summed E-state index contributed by atoms with van der Waals surface area (Å²) in [4.78, 5) is 17.0. The SMILES string of the molecule is CC(C)CN(C[C@@H](O)[C@H](Cc1ccccc1)NC(=O)OC(C)(C)C)S(=O)(=O)c1ccc(-c2csc(N)n2)cc1. The number of carbonyl (C=O) groups excluding carboxylic acids is 1. The van der Waals surface area contributed by atoms with Crippen molar-refractivity contribution in [3.63, 3.8) is 0 Å². The Bertz CT molecular complexity index is 1320. The number of alkyl carbamates (subject to hydrolysis) is 1. The van der Waals surface area contributed by atoms with E-state index in [0.717, 1.165) is 11.1 Å². The number of aromatic nitrogens is 1. The number of benzene rings is 2. The lowest BCUT2D eigenvalue weighted by atomic mass is 10.0. The Morgan fingerprint density at radius 2 is 1.74 bits per heavy atom. The number of nitrogens with two attached hydrogens (primary N) is 1. The molecule has 1 heterocycles. The molecular weight excluding hydrogens is 536 g/mol. The number of rotatable bonds is 11. The van der Waals surface area contributed by atoms with Crippen molar-refractivity contribution in [2.45, 2.75) is 63.7 Å². The summed E-state index contributed by atoms with van der Waals surface area (Å²) in [7, 11) is -3.96. The lowest BCUT2D eigenvalue weighted by molar-refractivity contribution is 0.0400. The van der Waals surface area contributed by atoms with Crippen LogP contribution in [-0.4, -0.2) is 59.7 Å². The molecule has 2 aromatic carbocycles. The highest BCUT2D eigenvalue weighted by molar-refractivity contribution is 7.89. The molecule has 1 amide bonds. The Balaban J connectivity index is 1.85. The summed E-state index contributed by atoms with van der Waals surface area (Å²) in [6.45, 7) is 9.05. The van der Waals surface area contributed by atoms with E-state index in [4.69, 9.17) is 10.5 Å². The second-order valence-corrected chi connectivity index (χ2v) is 13.6. The lowest BCUT2D eigenvalue weighted by Gasteiger charge is -2.31. The molecule has 11 heteroatoms. The Morgan fingerprint density at radius 3 is 2.28 bits per heavy atom. The minimum atomic E-state index is -3.96. The Labute approximate surface area is 235 Å². The number of hydrogen-bond acceptors (Lipinski definition) is 8. The van der Waals surface area contributed by atoms with Gasteiger partial charge in [0.25, 0.3) is 0 Å². The molecule has 39 heavy (non-hydrogen) atoms. The molecule has 212 valence electrons. The summed E-state index contributed by atoms with van der Waals surface area (Å²) >= 11 is 1.31. The smallest absolute Gasteiger partial charge is 0.407 e. The van der Waals surface area contributed by atoms with E-state index in [2.05, 4.69) is 10.3 Å². The molecule has 0 radical (unpaired) electrons. The average Bonchev–Trinajstić information content (AvgIpc) is 3.28. The molecule has 4 N–H and O–H groups in total. The Hall–Kier alpha value is -2.99. The fraction of sp³-hybridized carbons (Fsp3) is 0.429. The van der Waals surface area contributed by atoms with Crippen molar-refractivity contribution in [2.24, 2.45) is 5.92 Å². The van der Waals surface area contributed by atoms with E-state index in [1.165, 1.54) is 27.8 Å². The fourth-order valence-electron chi connectivity index (χ4n) is 3.99. The van der Waals surface area contributed by atoms with Gasteiger partial charge in [-0.1, -0.05) is 56.3 Å². The number of sulfonamides is 1. The van der Waals surface area contributed by atoms with Gasteiger partial charge in [-0.3, -0.25) is 0 Å². The quantitative estimate of drug-likeness (QED) is 0.306. The summed E-state index contributed by atoms with van der Waals surface area (Å²) in [5, 5.41) is 16.3. The number of anilines is 1. The molecule has 0 saturated carbocycles. The maximum Gasteiger partial charge on any atom is 0.407 e. The molecule has 9 nitrogen and oxygen atoms in total. The molecule has 3 aromatic rings. The molecule has 0 spiro atoms. The van der Waals surface area contributed by atoms with Gasteiger partial charge in [-0.15, -0.1) is 11.3 Å². The third-order valence-corrected chi connectivity index (χ3v) is 8.25. The van der Waals surface area contributed by atoms with E-state index in [1.807, 2.05) is 49.6 Å². The van der Waals surface area contributed by atoms with Gasteiger partial charge in [-0.05, 0) is 50.8 Å². The van der Waals surface area contributed by atoms with Crippen molar-refractivity contribution in [3.05, 3.63) is 65.5 Å². The predicted molar refractivity (Wildman–Crippen MR) is 155 cm³/mol. The minimum absolute atomic E-state index is 0.00406. The first-order valence-electron chi connectivity index (χ1n) is 12.8. The van der Waals surface area contributed by atoms with Crippen molar-refractivity contribution in [1.29, 1.82) is 0 Å². The van der Waals surface area contributed by atoms with Crippen LogP contribution >= 0.6 is 11.3 Å². The summed E-state index contributed by atoms with van der Waals surface area (Å²) in [6, 6.07) is 15.0. The maximum absolute atomic E-state index is 13.7. The molecule has 1 aromatic heterocycles. The molecule has 0 bridgehead atoms. The van der Waals surface area contributed by atoms with Gasteiger partial charge in [0.05, 0.1) is 22.7 Å². The zero-order valence-corrected chi connectivity index (χ0v) is 24.6. The molecule has 0 saturated heterocycles. The van der Waals surface area contributed by atoms with Crippen LogP contribution in [0.5, 0.6) is 0 Å². The number of carbonyl (C=O) groups is 1. The van der Waals surface area contributed by atoms with Crippen LogP contribution in [0.4, 0.5) is 9.93 Å². The highest BCUT2D eigenvalue weighted by atomic mass is 32.2. The van der Waals surface area contributed by atoms with Crippen molar-refractivity contribution in [1.82, 2.24) is 14.6 Å². The van der Waals surface area contributed by atoms with Gasteiger partial charge in [0.2, 0.25) is 10.0 Å². The zero-order valence-electron chi connectivity index (χ0n) is 23.0. The van der Waals surface area contributed by atoms with E-state index >= 15 is 0 Å². The van der Waals surface area contributed by atoms with Crippen LogP contribution in [0.1, 0.15) is 40.2 Å². The second kappa shape index (κ2) is 12.9. The number of nitrogens with one attached hydrogen (secondary N) is 1. The van der Waals surface area contributed by atoms with E-state index < -0.39 is 33.9 Å². The Morgan fingerprint density at radius 1 is 1.10 bits per heavy atom. The van der Waals surface area contributed by atoms with Crippen molar-refractivity contribution >= 4 is 32.6 Å². The summed E-state index contributed by atoms with van der Waals surface area (Å²) in [6.07, 6.45) is -1.59. The van der Waals surface area contributed by atoms with Gasteiger partial charge in [-0.25, -0.2) is 18.2 Å². The average molecular weight is 575 g/mol. The number of ether oxygens (including phenoxy) is 1. The van der Waals surface area contributed by atoms with Crippen LogP contribution in [0.2, 0.25) is 0 Å². The number of thiazole rings is 1. The number of aliphatic hydroxyl groups is 1. The van der Waals surface area contributed by atoms with Gasteiger partial charge in [0, 0.05) is 24.0 Å². The molecule has 0 unspecified atom stereocenters. The van der Waals surface area contributed by atoms with Crippen molar-refractivity contribution < 1.29 is 23.1 Å². The highest BCUT2D eigenvalue weighted by Crippen LogP contribution is 2.26. The van der Waals surface area contributed by atoms with Crippen LogP contribution in [0.3, 0.4) is 0 Å². The molecule has 0 aliphatic carbocycles. The highest BCUT2D eigenvalue weighted by Gasteiger charge is 2.32. The molecule has 0 fully saturated rings. The molecular formula is C28H38N4O5S2. The van der Waals surface area contributed by atoms with Gasteiger partial charge < -0.3 is 20.9 Å². The largest absolute Gasteiger partial charge is 0.444 e. The number of hydrogen-bond donors (Lipinski definition) is 3. The van der Waals surface area contributed by atoms with Crippen LogP contribution in [-0.2, 0) is 21.2 Å². The van der Waals surface area contributed by atoms with Gasteiger partial charge in [0.15, 0.2) is 5.13 Å². The number of aliphatic hydroxyl groups excluding tert-OH is 1. The minimum Gasteiger partial charge on any atom is -0.444 e. The van der Waals surface area contributed by atoms with Gasteiger partial charge >= 0.3 is 6.09 Å². The standard InChI is InChI=1S/C28H38N4O5S2/c1-19(2)16-32(39(35,36)22-13-11-21(12-14-22)24-18-38-26(29)30-24)17-25(33)23(15-20-9-7-6-8-10-20)31-27(34)37-28(3,4)5/h6-14,18-19,23,25,33H,15-17H2,1-5H3,(H2,29,30)(H,31,34)/t23-,25+/m0/s1. The lowest BCUT2D eigenvalue weighted by Crippen LogP contribution is -2.51. The first-order valence-corrected chi connectivity index (χ1v) is 15.1.